The molecule has 0 aromatic heterocycles. The first kappa shape index (κ1) is 79.6. The third kappa shape index (κ3) is 66.8. The Bertz CT molecular complexity index is 1970. The molecule has 10 heteroatoms. The van der Waals surface area contributed by atoms with Crippen LogP contribution >= 0.6 is 7.82 Å². The van der Waals surface area contributed by atoms with Gasteiger partial charge in [-0.05, 0) is 122 Å². The second kappa shape index (κ2) is 63.1. The molecular weight excluding hydrogens is 1060 g/mol. The highest BCUT2D eigenvalue weighted by molar-refractivity contribution is 7.47. The van der Waals surface area contributed by atoms with Gasteiger partial charge in [0.2, 0.25) is 0 Å². The van der Waals surface area contributed by atoms with Crippen LogP contribution in [0.2, 0.25) is 0 Å². The van der Waals surface area contributed by atoms with Crippen molar-refractivity contribution in [2.75, 3.05) is 47.5 Å². The van der Waals surface area contributed by atoms with E-state index >= 15 is 0 Å². The number of hydrogen-bond acceptors (Lipinski definition) is 7. The van der Waals surface area contributed by atoms with Crippen LogP contribution in [-0.2, 0) is 32.7 Å². The number of hydrogen-bond donors (Lipinski definition) is 1. The Labute approximate surface area is 516 Å². The summed E-state index contributed by atoms with van der Waals surface area (Å²) in [5.74, 6) is -0.828. The Morgan fingerprint density at radius 2 is 0.643 bits per heavy atom. The van der Waals surface area contributed by atoms with Gasteiger partial charge in [-0.15, -0.1) is 0 Å². The van der Waals surface area contributed by atoms with Gasteiger partial charge in [0.05, 0.1) is 27.7 Å². The van der Waals surface area contributed by atoms with Crippen LogP contribution in [0.25, 0.3) is 0 Å². The predicted molar refractivity (Wildman–Crippen MR) is 362 cm³/mol. The summed E-state index contributed by atoms with van der Waals surface area (Å²) in [4.78, 5) is 35.8. The van der Waals surface area contributed by atoms with Gasteiger partial charge in [-0.25, -0.2) is 4.57 Å². The number of phosphoric acid groups is 1. The van der Waals surface area contributed by atoms with Crippen LogP contribution in [0.5, 0.6) is 0 Å². The van der Waals surface area contributed by atoms with E-state index in [1.165, 1.54) is 77.0 Å². The number of rotatable bonds is 59. The number of carbonyl (C=O) groups excluding carboxylic acids is 2. The van der Waals surface area contributed by atoms with Crippen molar-refractivity contribution in [2.24, 2.45) is 0 Å². The van der Waals surface area contributed by atoms with E-state index in [4.69, 9.17) is 18.5 Å². The van der Waals surface area contributed by atoms with Gasteiger partial charge in [-0.2, -0.15) is 0 Å². The summed E-state index contributed by atoms with van der Waals surface area (Å²) >= 11 is 0. The smallest absolute Gasteiger partial charge is 0.462 e. The Morgan fingerprint density at radius 3 is 0.952 bits per heavy atom. The van der Waals surface area contributed by atoms with Crippen molar-refractivity contribution in [1.82, 2.24) is 0 Å². The molecule has 0 aliphatic rings. The van der Waals surface area contributed by atoms with Gasteiger partial charge >= 0.3 is 19.8 Å². The largest absolute Gasteiger partial charge is 0.472 e. The molecule has 0 saturated heterocycles. The summed E-state index contributed by atoms with van der Waals surface area (Å²) in [5.41, 5.74) is 0. The first-order valence-corrected chi connectivity index (χ1v) is 34.7. The number of esters is 2. The molecule has 476 valence electrons. The first-order valence-electron chi connectivity index (χ1n) is 33.2. The zero-order chi connectivity index (χ0) is 61.2. The van der Waals surface area contributed by atoms with E-state index < -0.39 is 26.5 Å². The van der Waals surface area contributed by atoms with Crippen LogP contribution < -0.4 is 0 Å². The van der Waals surface area contributed by atoms with Crippen LogP contribution in [0.4, 0.5) is 0 Å². The average molecular weight is 1190 g/mol. The number of likely N-dealkylation sites (N-methyl/N-ethyl adjacent to an activating group) is 1. The highest BCUT2D eigenvalue weighted by atomic mass is 31.2. The number of carbonyl (C=O) groups is 2. The fourth-order valence-corrected chi connectivity index (χ4v) is 9.27. The molecule has 0 spiro atoms. The average Bonchev–Trinajstić information content (AvgIpc) is 3.61. The molecule has 0 aromatic carbocycles. The zero-order valence-corrected chi connectivity index (χ0v) is 55.0. The molecule has 84 heavy (non-hydrogen) atoms. The third-order valence-electron chi connectivity index (χ3n) is 13.6. The van der Waals surface area contributed by atoms with Crippen LogP contribution in [0.3, 0.4) is 0 Å². The molecule has 0 fully saturated rings. The molecule has 0 heterocycles. The minimum absolute atomic E-state index is 0.0193. The first-order chi connectivity index (χ1) is 41.0. The lowest BCUT2D eigenvalue weighted by Crippen LogP contribution is -2.37. The van der Waals surface area contributed by atoms with E-state index in [-0.39, 0.29) is 32.0 Å². The van der Waals surface area contributed by atoms with Gasteiger partial charge in [0.15, 0.2) is 6.10 Å². The Balaban J connectivity index is 4.16. The van der Waals surface area contributed by atoms with Gasteiger partial charge in [-0.1, -0.05) is 268 Å². The minimum Gasteiger partial charge on any atom is -0.462 e. The topological polar surface area (TPSA) is 108 Å². The molecule has 0 amide bonds. The number of nitrogens with zero attached hydrogens (tertiary/aromatic N) is 1. The zero-order valence-electron chi connectivity index (χ0n) is 54.1. The van der Waals surface area contributed by atoms with Crippen molar-refractivity contribution >= 4 is 19.8 Å². The number of phosphoric ester groups is 1. The molecule has 0 aliphatic carbocycles. The molecule has 0 rings (SSSR count). The summed E-state index contributed by atoms with van der Waals surface area (Å²) in [6, 6.07) is 0. The van der Waals surface area contributed by atoms with E-state index in [0.717, 1.165) is 135 Å². The second-order valence-electron chi connectivity index (χ2n) is 22.7. The van der Waals surface area contributed by atoms with E-state index in [1.54, 1.807) is 0 Å². The van der Waals surface area contributed by atoms with Gasteiger partial charge < -0.3 is 18.9 Å². The van der Waals surface area contributed by atoms with Crippen molar-refractivity contribution in [2.45, 2.75) is 251 Å². The lowest BCUT2D eigenvalue weighted by atomic mass is 10.0. The molecule has 1 N–H and O–H groups in total. The molecule has 2 atom stereocenters. The third-order valence-corrected chi connectivity index (χ3v) is 14.5. The summed E-state index contributed by atoms with van der Waals surface area (Å²) in [7, 11) is 1.44. The summed E-state index contributed by atoms with van der Waals surface area (Å²) < 4.78 is 34.7. The van der Waals surface area contributed by atoms with E-state index in [2.05, 4.69) is 172 Å². The van der Waals surface area contributed by atoms with Gasteiger partial charge in [-0.3, -0.25) is 18.6 Å². The standard InChI is InChI=1S/C74H122NO8P/c1-6-8-10-12-14-16-18-20-22-24-26-28-30-32-34-35-36-37-38-39-41-42-44-46-48-50-52-54-56-58-60-62-64-66-73(76)80-70-72(71-82-84(78,79)81-69-68-75(3,4)5)83-74(77)67-65-63-61-59-57-55-53-51-49-47-45-43-40-33-31-29-27-25-23-21-19-17-15-13-11-9-7-2/h8-11,14-17,20-23,26-29,32-34,36-37,40,45,47,51,53,72H,6-7,12-13,18-19,24-25,30-31,35,38-39,41-44,46,48-50,52,54-71H2,1-5H3/p+1/b10-8-,11-9-,16-14-,17-15-,22-20-,23-21-,28-26-,29-27-,34-32-,37-36-,40-33-,47-45-,53-51-. The fraction of sp³-hybridized carbons (Fsp3) is 0.622. The van der Waals surface area contributed by atoms with Gasteiger partial charge in [0.1, 0.15) is 19.8 Å². The van der Waals surface area contributed by atoms with Crippen LogP contribution in [0.1, 0.15) is 245 Å². The molecule has 9 nitrogen and oxygen atoms in total. The molecule has 0 aromatic rings. The van der Waals surface area contributed by atoms with Crippen LogP contribution in [0, 0.1) is 0 Å². The van der Waals surface area contributed by atoms with Gasteiger partial charge in [0.25, 0.3) is 0 Å². The van der Waals surface area contributed by atoms with Gasteiger partial charge in [0, 0.05) is 12.8 Å². The van der Waals surface area contributed by atoms with Crippen molar-refractivity contribution in [3.05, 3.63) is 158 Å². The monoisotopic (exact) mass is 1180 g/mol. The SMILES string of the molecule is CC/C=C\C/C=C\C/C=C\C/C=C\C/C=C\C/C=C\C/C=C\CCCCCCCC(=O)OC(COC(=O)CCCCCCCCCCCCCCCC/C=C\C/C=C\C/C=C\C/C=C\C/C=C\C/C=C\CC)COP(=O)(O)OCC[N+](C)(C)C. The van der Waals surface area contributed by atoms with Crippen LogP contribution in [0.15, 0.2) is 158 Å². The maximum atomic E-state index is 12.9. The van der Waals surface area contributed by atoms with Crippen molar-refractivity contribution in [3.63, 3.8) is 0 Å². The lowest BCUT2D eigenvalue weighted by molar-refractivity contribution is -0.870. The van der Waals surface area contributed by atoms with E-state index in [0.29, 0.717) is 17.4 Å². The Morgan fingerprint density at radius 1 is 0.369 bits per heavy atom. The summed E-state index contributed by atoms with van der Waals surface area (Å²) in [5, 5.41) is 0. The molecule has 0 radical (unpaired) electrons. The highest BCUT2D eigenvalue weighted by Crippen LogP contribution is 2.43. The maximum absolute atomic E-state index is 12.9. The summed E-state index contributed by atoms with van der Waals surface area (Å²) in [6.07, 6.45) is 94.7. The molecule has 0 saturated carbocycles. The van der Waals surface area contributed by atoms with Crippen LogP contribution in [-0.4, -0.2) is 74.9 Å². The highest BCUT2D eigenvalue weighted by Gasteiger charge is 2.27. The van der Waals surface area contributed by atoms with E-state index in [9.17, 15) is 19.0 Å². The molecular formula is C74H123NO8P+. The summed E-state index contributed by atoms with van der Waals surface area (Å²) in [6.45, 7) is 4.17. The molecule has 0 bridgehead atoms. The Hall–Kier alpha value is -4.37. The fourth-order valence-electron chi connectivity index (χ4n) is 8.53. The number of ether oxygens (including phenoxy) is 2. The quantitative estimate of drug-likeness (QED) is 0.0211. The van der Waals surface area contributed by atoms with E-state index in [1.807, 2.05) is 21.1 Å². The second-order valence-corrected chi connectivity index (χ2v) is 24.2. The lowest BCUT2D eigenvalue weighted by Gasteiger charge is -2.24. The molecule has 2 unspecified atom stereocenters. The number of allylic oxidation sites excluding steroid dienone is 26. The molecule has 0 aliphatic heterocycles. The minimum atomic E-state index is -4.41. The number of quaternary nitrogens is 1. The van der Waals surface area contributed by atoms with Crippen molar-refractivity contribution in [1.29, 1.82) is 0 Å². The predicted octanol–water partition coefficient (Wildman–Crippen LogP) is 21.6. The normalized spacial score (nSPS) is 14.2. The maximum Gasteiger partial charge on any atom is 0.472 e. The Kier molecular flexibility index (Phi) is 59.9. The number of unbranched alkanes of at least 4 members (excludes halogenated alkanes) is 19. The van der Waals surface area contributed by atoms with Crippen molar-refractivity contribution < 1.29 is 42.1 Å². The van der Waals surface area contributed by atoms with Crippen molar-refractivity contribution in [3.8, 4) is 0 Å².